The Bertz CT molecular complexity index is 954. The van der Waals surface area contributed by atoms with Crippen LogP contribution in [0, 0.1) is 5.92 Å². The average Bonchev–Trinajstić information content (AvgIpc) is 2.77. The van der Waals surface area contributed by atoms with E-state index in [9.17, 15) is 4.79 Å². The lowest BCUT2D eigenvalue weighted by molar-refractivity contribution is 0.102. The van der Waals surface area contributed by atoms with Crippen LogP contribution in [-0.4, -0.2) is 29.2 Å². The molecular weight excluding hydrogens is 428 g/mol. The van der Waals surface area contributed by atoms with E-state index in [1.165, 1.54) is 5.56 Å². The number of para-hydroxylation sites is 1. The number of hydrogen-bond donors (Lipinski definition) is 1. The van der Waals surface area contributed by atoms with Crippen LogP contribution in [0.5, 0.6) is 0 Å². The summed E-state index contributed by atoms with van der Waals surface area (Å²) in [7, 11) is 0. The molecule has 0 bridgehead atoms. The predicted octanol–water partition coefficient (Wildman–Crippen LogP) is 4.95. The summed E-state index contributed by atoms with van der Waals surface area (Å²) in [4.78, 5) is 14.7. The molecule has 1 aliphatic rings. The van der Waals surface area contributed by atoms with Gasteiger partial charge in [0.05, 0.1) is 5.69 Å². The van der Waals surface area contributed by atoms with E-state index in [0.717, 1.165) is 42.6 Å². The maximum Gasteiger partial charge on any atom is 0.276 e. The van der Waals surface area contributed by atoms with Crippen LogP contribution in [0.15, 0.2) is 71.2 Å². The van der Waals surface area contributed by atoms with E-state index >= 15 is 0 Å². The molecule has 0 saturated carbocycles. The number of nitrogens with zero attached hydrogens (tertiary/aromatic N) is 3. The van der Waals surface area contributed by atoms with Crippen LogP contribution in [0.1, 0.15) is 28.9 Å². The largest absolute Gasteiger partial charge is 0.355 e. The molecule has 2 aromatic carbocycles. The summed E-state index contributed by atoms with van der Waals surface area (Å²) >= 11 is 3.43. The number of anilines is 2. The Morgan fingerprint density at radius 3 is 2.38 bits per heavy atom. The number of piperidine rings is 1. The van der Waals surface area contributed by atoms with Crippen LogP contribution in [0.25, 0.3) is 0 Å². The highest BCUT2D eigenvalue weighted by atomic mass is 79.9. The first-order valence-corrected chi connectivity index (χ1v) is 10.7. The number of halogens is 1. The zero-order chi connectivity index (χ0) is 20.1. The van der Waals surface area contributed by atoms with Crippen LogP contribution in [-0.2, 0) is 6.42 Å². The van der Waals surface area contributed by atoms with Gasteiger partial charge < -0.3 is 10.2 Å². The zero-order valence-corrected chi connectivity index (χ0v) is 17.7. The van der Waals surface area contributed by atoms with Crippen molar-refractivity contribution >= 4 is 33.3 Å². The molecule has 6 heteroatoms. The Labute approximate surface area is 179 Å². The molecule has 0 atom stereocenters. The van der Waals surface area contributed by atoms with E-state index in [1.54, 1.807) is 6.07 Å². The number of aromatic nitrogens is 2. The molecule has 148 valence electrons. The lowest BCUT2D eigenvalue weighted by Crippen LogP contribution is -2.35. The fourth-order valence-corrected chi connectivity index (χ4v) is 4.06. The Morgan fingerprint density at radius 2 is 1.69 bits per heavy atom. The van der Waals surface area contributed by atoms with Gasteiger partial charge in [-0.1, -0.05) is 42.5 Å². The number of carbonyl (C=O) groups excluding carboxylic acids is 1. The topological polar surface area (TPSA) is 58.1 Å². The van der Waals surface area contributed by atoms with Gasteiger partial charge >= 0.3 is 0 Å². The normalized spacial score (nSPS) is 14.6. The smallest absolute Gasteiger partial charge is 0.276 e. The van der Waals surface area contributed by atoms with Crippen LogP contribution >= 0.6 is 15.9 Å². The number of benzene rings is 2. The molecule has 5 nitrogen and oxygen atoms in total. The minimum Gasteiger partial charge on any atom is -0.355 e. The standard InChI is InChI=1S/C23H23BrN4O/c24-19-8-4-5-9-20(19)25-23(29)21-10-11-22(27-26-21)28-14-12-18(13-15-28)16-17-6-2-1-3-7-17/h1-11,18H,12-16H2,(H,25,29). The second-order valence-electron chi connectivity index (χ2n) is 7.33. The highest BCUT2D eigenvalue weighted by molar-refractivity contribution is 9.10. The molecule has 2 heterocycles. The molecule has 1 fully saturated rings. The van der Waals surface area contributed by atoms with Crippen molar-refractivity contribution in [2.24, 2.45) is 5.92 Å². The summed E-state index contributed by atoms with van der Waals surface area (Å²) in [6.07, 6.45) is 3.41. The molecule has 1 N–H and O–H groups in total. The minimum absolute atomic E-state index is 0.266. The van der Waals surface area contributed by atoms with Crippen molar-refractivity contribution in [3.8, 4) is 0 Å². The van der Waals surface area contributed by atoms with E-state index < -0.39 is 0 Å². The molecule has 1 aliphatic heterocycles. The summed E-state index contributed by atoms with van der Waals surface area (Å²) in [5.74, 6) is 1.27. The summed E-state index contributed by atoms with van der Waals surface area (Å²) in [6, 6.07) is 21.8. The van der Waals surface area contributed by atoms with E-state index in [2.05, 4.69) is 66.7 Å². The van der Waals surface area contributed by atoms with Gasteiger partial charge in [0.15, 0.2) is 11.5 Å². The molecule has 0 aliphatic carbocycles. The second kappa shape index (κ2) is 9.18. The van der Waals surface area contributed by atoms with Crippen LogP contribution in [0.4, 0.5) is 11.5 Å². The van der Waals surface area contributed by atoms with Gasteiger partial charge in [0, 0.05) is 17.6 Å². The first-order chi connectivity index (χ1) is 14.2. The zero-order valence-electron chi connectivity index (χ0n) is 16.1. The number of carbonyl (C=O) groups is 1. The Balaban J connectivity index is 1.33. The van der Waals surface area contributed by atoms with Crippen LogP contribution in [0.3, 0.4) is 0 Å². The monoisotopic (exact) mass is 450 g/mol. The molecule has 0 spiro atoms. The van der Waals surface area contributed by atoms with E-state index in [0.29, 0.717) is 17.3 Å². The van der Waals surface area contributed by atoms with Gasteiger partial charge in [0.1, 0.15) is 0 Å². The number of amides is 1. The first-order valence-electron chi connectivity index (χ1n) is 9.87. The molecule has 29 heavy (non-hydrogen) atoms. The van der Waals surface area contributed by atoms with Gasteiger partial charge in [0.25, 0.3) is 5.91 Å². The van der Waals surface area contributed by atoms with Crippen molar-refractivity contribution in [2.75, 3.05) is 23.3 Å². The van der Waals surface area contributed by atoms with Crippen molar-refractivity contribution in [1.82, 2.24) is 10.2 Å². The maximum atomic E-state index is 12.4. The number of rotatable bonds is 5. The lowest BCUT2D eigenvalue weighted by Gasteiger charge is -2.32. The molecule has 1 amide bonds. The van der Waals surface area contributed by atoms with Gasteiger partial charge in [-0.2, -0.15) is 0 Å². The van der Waals surface area contributed by atoms with Crippen molar-refractivity contribution in [2.45, 2.75) is 19.3 Å². The van der Waals surface area contributed by atoms with Gasteiger partial charge in [-0.25, -0.2) is 0 Å². The van der Waals surface area contributed by atoms with Gasteiger partial charge in [-0.15, -0.1) is 10.2 Å². The molecular formula is C23H23BrN4O. The average molecular weight is 451 g/mol. The second-order valence-corrected chi connectivity index (χ2v) is 8.19. The highest BCUT2D eigenvalue weighted by Gasteiger charge is 2.21. The van der Waals surface area contributed by atoms with Gasteiger partial charge in [-0.05, 0) is 70.9 Å². The molecule has 1 saturated heterocycles. The summed E-state index contributed by atoms with van der Waals surface area (Å²) in [6.45, 7) is 1.93. The maximum absolute atomic E-state index is 12.4. The minimum atomic E-state index is -0.266. The fraction of sp³-hybridized carbons (Fsp3) is 0.261. The molecule has 0 unspecified atom stereocenters. The SMILES string of the molecule is O=C(Nc1ccccc1Br)c1ccc(N2CCC(Cc3ccccc3)CC2)nn1. The third kappa shape index (κ3) is 5.01. The first kappa shape index (κ1) is 19.6. The predicted molar refractivity (Wildman–Crippen MR) is 119 cm³/mol. The molecule has 3 aromatic rings. The number of hydrogen-bond acceptors (Lipinski definition) is 4. The third-order valence-corrected chi connectivity index (χ3v) is 6.00. The molecule has 1 aromatic heterocycles. The summed E-state index contributed by atoms with van der Waals surface area (Å²) in [5, 5.41) is 11.3. The quantitative estimate of drug-likeness (QED) is 0.597. The summed E-state index contributed by atoms with van der Waals surface area (Å²) in [5.41, 5.74) is 2.43. The Morgan fingerprint density at radius 1 is 0.966 bits per heavy atom. The van der Waals surface area contributed by atoms with E-state index in [4.69, 9.17) is 0 Å². The van der Waals surface area contributed by atoms with Crippen molar-refractivity contribution < 1.29 is 4.79 Å². The Kier molecular flexibility index (Phi) is 6.20. The van der Waals surface area contributed by atoms with Crippen molar-refractivity contribution in [3.05, 3.63) is 82.5 Å². The van der Waals surface area contributed by atoms with E-state index in [-0.39, 0.29) is 5.91 Å². The van der Waals surface area contributed by atoms with Crippen molar-refractivity contribution in [3.63, 3.8) is 0 Å². The molecule has 4 rings (SSSR count). The van der Waals surface area contributed by atoms with Gasteiger partial charge in [0.2, 0.25) is 0 Å². The summed E-state index contributed by atoms with van der Waals surface area (Å²) < 4.78 is 0.830. The van der Waals surface area contributed by atoms with Gasteiger partial charge in [-0.3, -0.25) is 4.79 Å². The third-order valence-electron chi connectivity index (χ3n) is 5.31. The van der Waals surface area contributed by atoms with Crippen LogP contribution < -0.4 is 10.2 Å². The highest BCUT2D eigenvalue weighted by Crippen LogP contribution is 2.25. The van der Waals surface area contributed by atoms with E-state index in [1.807, 2.05) is 30.3 Å². The Hall–Kier alpha value is -2.73. The number of nitrogens with one attached hydrogen (secondary N) is 1. The molecule has 0 radical (unpaired) electrons. The fourth-order valence-electron chi connectivity index (χ4n) is 3.68. The van der Waals surface area contributed by atoms with Crippen LogP contribution in [0.2, 0.25) is 0 Å². The van der Waals surface area contributed by atoms with Crippen molar-refractivity contribution in [1.29, 1.82) is 0 Å². The lowest BCUT2D eigenvalue weighted by atomic mass is 9.90.